The van der Waals surface area contributed by atoms with Gasteiger partial charge in [-0.1, -0.05) is 19.1 Å². The van der Waals surface area contributed by atoms with Crippen molar-refractivity contribution in [3.05, 3.63) is 29.8 Å². The smallest absolute Gasteiger partial charge is 0.318 e. The van der Waals surface area contributed by atoms with Crippen LogP contribution in [-0.4, -0.2) is 25.1 Å². The summed E-state index contributed by atoms with van der Waals surface area (Å²) in [5.74, 6) is -0.00957. The summed E-state index contributed by atoms with van der Waals surface area (Å²) < 4.78 is 5.22. The Morgan fingerprint density at radius 3 is 2.47 bits per heavy atom. The molecule has 0 aliphatic rings. The van der Waals surface area contributed by atoms with Crippen LogP contribution >= 0.6 is 0 Å². The van der Waals surface area contributed by atoms with E-state index in [1.54, 1.807) is 12.1 Å². The van der Waals surface area contributed by atoms with Crippen molar-refractivity contribution in [2.45, 2.75) is 19.9 Å². The molecule has 0 aromatic heterocycles. The number of carbonyl (C=O) groups excluding carboxylic acids is 2. The first-order valence-corrected chi connectivity index (χ1v) is 6.08. The molecule has 0 saturated heterocycles. The predicted octanol–water partition coefficient (Wildman–Crippen LogP) is 0.931. The number of hydrogen-bond donors (Lipinski definition) is 3. The number of nitrogens with one attached hydrogen (secondary N) is 2. The van der Waals surface area contributed by atoms with Crippen molar-refractivity contribution in [1.29, 1.82) is 0 Å². The van der Waals surface area contributed by atoms with E-state index in [9.17, 15) is 9.59 Å². The van der Waals surface area contributed by atoms with E-state index >= 15 is 0 Å². The first kappa shape index (κ1) is 15.0. The highest BCUT2D eigenvalue weighted by molar-refractivity contribution is 5.94. The number of carbonyl (C=O) groups is 2. The maximum absolute atomic E-state index is 11.1. The molecule has 0 aliphatic carbocycles. The van der Waals surface area contributed by atoms with Crippen LogP contribution in [-0.2, 0) is 4.79 Å². The molecule has 104 valence electrons. The van der Waals surface area contributed by atoms with Gasteiger partial charge in [-0.3, -0.25) is 10.1 Å². The van der Waals surface area contributed by atoms with Crippen LogP contribution in [0.2, 0.25) is 0 Å². The van der Waals surface area contributed by atoms with Crippen LogP contribution in [0.25, 0.3) is 0 Å². The van der Waals surface area contributed by atoms with Crippen molar-refractivity contribution in [3.8, 4) is 5.75 Å². The summed E-state index contributed by atoms with van der Waals surface area (Å²) in [4.78, 5) is 21.6. The van der Waals surface area contributed by atoms with Gasteiger partial charge in [-0.05, 0) is 31.2 Å². The fourth-order valence-electron chi connectivity index (χ4n) is 1.60. The molecule has 0 bridgehead atoms. The number of benzene rings is 1. The molecule has 3 amide bonds. The van der Waals surface area contributed by atoms with Crippen molar-refractivity contribution in [1.82, 2.24) is 10.6 Å². The molecule has 0 fully saturated rings. The van der Waals surface area contributed by atoms with Gasteiger partial charge in [-0.15, -0.1) is 0 Å². The van der Waals surface area contributed by atoms with Crippen molar-refractivity contribution in [2.24, 2.45) is 5.73 Å². The number of ether oxygens (including phenoxy) is 1. The lowest BCUT2D eigenvalue weighted by molar-refractivity contribution is -0.121. The summed E-state index contributed by atoms with van der Waals surface area (Å²) in [6.07, 6.45) is 0. The number of urea groups is 1. The standard InChI is InChI=1S/C13H19N3O3/c1-3-15-9(2)10-4-6-11(7-5-10)19-8-12(17)16-13(14)18/h4-7,9,15H,3,8H2,1-2H3,(H3,14,16,17,18). The Hall–Kier alpha value is -2.08. The number of hydrogen-bond acceptors (Lipinski definition) is 4. The second-order valence-electron chi connectivity index (χ2n) is 4.05. The van der Waals surface area contributed by atoms with Crippen LogP contribution in [0.1, 0.15) is 25.5 Å². The van der Waals surface area contributed by atoms with Crippen molar-refractivity contribution in [2.75, 3.05) is 13.2 Å². The zero-order chi connectivity index (χ0) is 14.3. The second-order valence-corrected chi connectivity index (χ2v) is 4.05. The van der Waals surface area contributed by atoms with Gasteiger partial charge in [-0.2, -0.15) is 0 Å². The van der Waals surface area contributed by atoms with Gasteiger partial charge in [-0.25, -0.2) is 4.79 Å². The van der Waals surface area contributed by atoms with Gasteiger partial charge < -0.3 is 15.8 Å². The average Bonchev–Trinajstić information content (AvgIpc) is 2.36. The molecule has 6 nitrogen and oxygen atoms in total. The van der Waals surface area contributed by atoms with E-state index in [4.69, 9.17) is 10.5 Å². The van der Waals surface area contributed by atoms with Gasteiger partial charge in [0.05, 0.1) is 0 Å². The van der Waals surface area contributed by atoms with Crippen LogP contribution in [0.15, 0.2) is 24.3 Å². The Balaban J connectivity index is 2.48. The maximum atomic E-state index is 11.1. The number of amides is 3. The second kappa shape index (κ2) is 7.38. The highest BCUT2D eigenvalue weighted by Gasteiger charge is 2.06. The average molecular weight is 265 g/mol. The molecule has 1 aromatic carbocycles. The summed E-state index contributed by atoms with van der Waals surface area (Å²) in [5.41, 5.74) is 5.95. The van der Waals surface area contributed by atoms with Crippen LogP contribution in [0.3, 0.4) is 0 Å². The van der Waals surface area contributed by atoms with Gasteiger partial charge in [0, 0.05) is 6.04 Å². The molecule has 1 aromatic rings. The summed E-state index contributed by atoms with van der Waals surface area (Å²) in [7, 11) is 0. The summed E-state index contributed by atoms with van der Waals surface area (Å²) >= 11 is 0. The molecule has 1 atom stereocenters. The quantitative estimate of drug-likeness (QED) is 0.713. The van der Waals surface area contributed by atoms with Crippen molar-refractivity contribution in [3.63, 3.8) is 0 Å². The third kappa shape index (κ3) is 5.39. The number of primary amides is 1. The van der Waals surface area contributed by atoms with Crippen LogP contribution in [0.5, 0.6) is 5.75 Å². The van der Waals surface area contributed by atoms with Gasteiger partial charge in [0.25, 0.3) is 5.91 Å². The Morgan fingerprint density at radius 2 is 1.95 bits per heavy atom. The molecule has 1 unspecified atom stereocenters. The topological polar surface area (TPSA) is 93.4 Å². The first-order chi connectivity index (χ1) is 9.02. The number of nitrogens with two attached hydrogens (primary N) is 1. The highest BCUT2D eigenvalue weighted by Crippen LogP contribution is 2.17. The van der Waals surface area contributed by atoms with Crippen LogP contribution in [0, 0.1) is 0 Å². The maximum Gasteiger partial charge on any atom is 0.318 e. The third-order valence-electron chi connectivity index (χ3n) is 2.52. The van der Waals surface area contributed by atoms with Gasteiger partial charge in [0.2, 0.25) is 0 Å². The molecule has 6 heteroatoms. The summed E-state index contributed by atoms with van der Waals surface area (Å²) in [6, 6.07) is 6.78. The van der Waals surface area contributed by atoms with Gasteiger partial charge in [0.1, 0.15) is 5.75 Å². The molecule has 0 radical (unpaired) electrons. The predicted molar refractivity (Wildman–Crippen MR) is 71.8 cm³/mol. The first-order valence-electron chi connectivity index (χ1n) is 6.08. The molecule has 0 saturated carbocycles. The molecule has 0 heterocycles. The van der Waals surface area contributed by atoms with E-state index in [0.29, 0.717) is 5.75 Å². The van der Waals surface area contributed by atoms with E-state index < -0.39 is 11.9 Å². The number of imide groups is 1. The minimum atomic E-state index is -0.886. The molecule has 4 N–H and O–H groups in total. The monoisotopic (exact) mass is 265 g/mol. The van der Waals surface area contributed by atoms with E-state index in [1.807, 2.05) is 24.4 Å². The van der Waals surface area contributed by atoms with Crippen LogP contribution < -0.4 is 21.1 Å². The lowest BCUT2D eigenvalue weighted by Gasteiger charge is -2.13. The SMILES string of the molecule is CCNC(C)c1ccc(OCC(=O)NC(N)=O)cc1. The van der Waals surface area contributed by atoms with E-state index in [0.717, 1.165) is 12.1 Å². The Bertz CT molecular complexity index is 431. The summed E-state index contributed by atoms with van der Waals surface area (Å²) in [6.45, 7) is 4.77. The zero-order valence-electron chi connectivity index (χ0n) is 11.1. The molecule has 0 spiro atoms. The van der Waals surface area contributed by atoms with Gasteiger partial charge >= 0.3 is 6.03 Å². The fraction of sp³-hybridized carbons (Fsp3) is 0.385. The molecular weight excluding hydrogens is 246 g/mol. The minimum absolute atomic E-state index is 0.245. The summed E-state index contributed by atoms with van der Waals surface area (Å²) in [5, 5.41) is 5.22. The largest absolute Gasteiger partial charge is 0.484 e. The van der Waals surface area contributed by atoms with Crippen molar-refractivity contribution >= 4 is 11.9 Å². The lowest BCUT2D eigenvalue weighted by atomic mass is 10.1. The number of rotatable bonds is 6. The van der Waals surface area contributed by atoms with E-state index in [1.165, 1.54) is 0 Å². The zero-order valence-corrected chi connectivity index (χ0v) is 11.1. The fourth-order valence-corrected chi connectivity index (χ4v) is 1.60. The normalized spacial score (nSPS) is 11.7. The molecular formula is C13H19N3O3. The highest BCUT2D eigenvalue weighted by atomic mass is 16.5. The Labute approximate surface area is 112 Å². The van der Waals surface area contributed by atoms with Crippen LogP contribution in [0.4, 0.5) is 4.79 Å². The van der Waals surface area contributed by atoms with E-state index in [2.05, 4.69) is 12.2 Å². The third-order valence-corrected chi connectivity index (χ3v) is 2.52. The van der Waals surface area contributed by atoms with Gasteiger partial charge in [0.15, 0.2) is 6.61 Å². The van der Waals surface area contributed by atoms with E-state index in [-0.39, 0.29) is 12.6 Å². The minimum Gasteiger partial charge on any atom is -0.484 e. The molecule has 0 aliphatic heterocycles. The molecule has 1 rings (SSSR count). The lowest BCUT2D eigenvalue weighted by Crippen LogP contribution is -2.38. The Morgan fingerprint density at radius 1 is 1.32 bits per heavy atom. The van der Waals surface area contributed by atoms with Crippen molar-refractivity contribution < 1.29 is 14.3 Å². The molecule has 19 heavy (non-hydrogen) atoms. The Kier molecular flexibility index (Phi) is 5.81.